The molecule has 1 aliphatic heterocycles. The summed E-state index contributed by atoms with van der Waals surface area (Å²) < 4.78 is 36.9. The largest absolute Gasteiger partial charge is 0.586 e. The van der Waals surface area contributed by atoms with Crippen LogP contribution < -0.4 is 14.8 Å². The average Bonchev–Trinajstić information content (AvgIpc) is 3.00. The number of halogens is 2. The van der Waals surface area contributed by atoms with Gasteiger partial charge in [-0.05, 0) is 23.6 Å². The van der Waals surface area contributed by atoms with Crippen molar-refractivity contribution < 1.29 is 18.3 Å². The van der Waals surface area contributed by atoms with Crippen molar-refractivity contribution in [3.8, 4) is 11.5 Å². The van der Waals surface area contributed by atoms with Crippen LogP contribution in [-0.2, 0) is 19.6 Å². The molecule has 0 amide bonds. The number of rotatable bonds is 6. The quantitative estimate of drug-likeness (QED) is 0.887. The van der Waals surface area contributed by atoms with Gasteiger partial charge in [0.15, 0.2) is 11.5 Å². The third kappa shape index (κ3) is 3.79. The van der Waals surface area contributed by atoms with Crippen LogP contribution in [-0.4, -0.2) is 15.8 Å². The molecule has 1 aliphatic rings. The van der Waals surface area contributed by atoms with Gasteiger partial charge >= 0.3 is 6.29 Å². The third-order valence-corrected chi connectivity index (χ3v) is 3.46. The number of nitrogens with one attached hydrogen (secondary N) is 1. The lowest BCUT2D eigenvalue weighted by atomic mass is 10.2. The van der Waals surface area contributed by atoms with Crippen LogP contribution in [0.15, 0.2) is 30.7 Å². The van der Waals surface area contributed by atoms with Crippen molar-refractivity contribution in [2.24, 2.45) is 5.92 Å². The van der Waals surface area contributed by atoms with Crippen LogP contribution in [0.1, 0.15) is 25.1 Å². The van der Waals surface area contributed by atoms with Gasteiger partial charge in [-0.15, -0.1) is 8.78 Å². The van der Waals surface area contributed by atoms with Crippen molar-refractivity contribution in [2.45, 2.75) is 39.8 Å². The number of alkyl halides is 2. The number of ether oxygens (including phenoxy) is 2. The Labute approximate surface area is 133 Å². The van der Waals surface area contributed by atoms with E-state index < -0.39 is 6.29 Å². The second kappa shape index (κ2) is 6.16. The van der Waals surface area contributed by atoms with Crippen molar-refractivity contribution in [3.05, 3.63) is 42.0 Å². The molecule has 7 heteroatoms. The van der Waals surface area contributed by atoms with Gasteiger partial charge in [-0.3, -0.25) is 0 Å². The minimum atomic E-state index is -3.57. The van der Waals surface area contributed by atoms with E-state index in [1.54, 1.807) is 12.1 Å². The summed E-state index contributed by atoms with van der Waals surface area (Å²) >= 11 is 0. The monoisotopic (exact) mass is 323 g/mol. The highest BCUT2D eigenvalue weighted by Crippen LogP contribution is 2.41. The molecule has 3 rings (SSSR count). The summed E-state index contributed by atoms with van der Waals surface area (Å²) in [6.07, 6.45) is 0.0764. The second-order valence-corrected chi connectivity index (χ2v) is 5.98. The number of nitrogens with zero attached hydrogens (tertiary/aromatic N) is 2. The highest BCUT2D eigenvalue weighted by atomic mass is 19.3. The fourth-order valence-corrected chi connectivity index (χ4v) is 2.49. The second-order valence-electron chi connectivity index (χ2n) is 5.98. The fourth-order valence-electron chi connectivity index (χ4n) is 2.49. The van der Waals surface area contributed by atoms with Crippen LogP contribution in [0.5, 0.6) is 11.5 Å². The van der Waals surface area contributed by atoms with Crippen molar-refractivity contribution in [3.63, 3.8) is 0 Å². The third-order valence-electron chi connectivity index (χ3n) is 3.46. The zero-order chi connectivity index (χ0) is 16.4. The lowest BCUT2D eigenvalue weighted by Gasteiger charge is -2.11. The Bertz CT molecular complexity index is 686. The van der Waals surface area contributed by atoms with Gasteiger partial charge in [0.1, 0.15) is 0 Å². The Balaban J connectivity index is 1.57. The van der Waals surface area contributed by atoms with E-state index in [-0.39, 0.29) is 11.5 Å². The molecule has 2 heterocycles. The Morgan fingerprint density at radius 2 is 2.00 bits per heavy atom. The first-order valence-corrected chi connectivity index (χ1v) is 7.51. The molecular formula is C16H19F2N3O2. The van der Waals surface area contributed by atoms with Gasteiger partial charge in [0.25, 0.3) is 0 Å². The molecule has 23 heavy (non-hydrogen) atoms. The lowest BCUT2D eigenvalue weighted by molar-refractivity contribution is -0.286. The SMILES string of the molecule is CC(C)Cn1cncc1CNCc1ccc2c(c1)OC(F)(F)O2. The van der Waals surface area contributed by atoms with Crippen molar-refractivity contribution in [2.75, 3.05) is 0 Å². The van der Waals surface area contributed by atoms with Crippen LogP contribution in [0.25, 0.3) is 0 Å². The molecular weight excluding hydrogens is 304 g/mol. The smallest absolute Gasteiger partial charge is 0.395 e. The van der Waals surface area contributed by atoms with E-state index in [1.807, 2.05) is 12.5 Å². The summed E-state index contributed by atoms with van der Waals surface area (Å²) in [6.45, 7) is 6.40. The summed E-state index contributed by atoms with van der Waals surface area (Å²) in [5, 5.41) is 3.28. The van der Waals surface area contributed by atoms with Crippen LogP contribution in [0.3, 0.4) is 0 Å². The van der Waals surface area contributed by atoms with Crippen LogP contribution in [0.4, 0.5) is 8.78 Å². The average molecular weight is 323 g/mol. The highest BCUT2D eigenvalue weighted by Gasteiger charge is 2.43. The van der Waals surface area contributed by atoms with Gasteiger partial charge in [-0.25, -0.2) is 4.98 Å². The minimum Gasteiger partial charge on any atom is -0.395 e. The molecule has 1 N–H and O–H groups in total. The number of aromatic nitrogens is 2. The number of imidazole rings is 1. The molecule has 0 radical (unpaired) electrons. The Morgan fingerprint density at radius 3 is 2.78 bits per heavy atom. The minimum absolute atomic E-state index is 0.0637. The first kappa shape index (κ1) is 15.7. The first-order valence-electron chi connectivity index (χ1n) is 7.51. The van der Waals surface area contributed by atoms with E-state index in [1.165, 1.54) is 6.07 Å². The number of benzene rings is 1. The molecule has 0 saturated heterocycles. The maximum absolute atomic E-state index is 13.0. The summed E-state index contributed by atoms with van der Waals surface area (Å²) in [5.74, 6) is 0.673. The topological polar surface area (TPSA) is 48.3 Å². The van der Waals surface area contributed by atoms with Crippen molar-refractivity contribution in [1.29, 1.82) is 0 Å². The maximum Gasteiger partial charge on any atom is 0.586 e. The van der Waals surface area contributed by atoms with Gasteiger partial charge in [0, 0.05) is 25.8 Å². The van der Waals surface area contributed by atoms with E-state index in [0.717, 1.165) is 17.8 Å². The number of hydrogen-bond acceptors (Lipinski definition) is 4. The molecule has 0 bridgehead atoms. The normalized spacial score (nSPS) is 15.3. The van der Waals surface area contributed by atoms with E-state index in [9.17, 15) is 8.78 Å². The molecule has 0 unspecified atom stereocenters. The summed E-state index contributed by atoms with van der Waals surface area (Å²) in [7, 11) is 0. The summed E-state index contributed by atoms with van der Waals surface area (Å²) in [6, 6.07) is 4.80. The molecule has 5 nitrogen and oxygen atoms in total. The van der Waals surface area contributed by atoms with Crippen LogP contribution in [0, 0.1) is 5.92 Å². The molecule has 124 valence electrons. The number of hydrogen-bond donors (Lipinski definition) is 1. The van der Waals surface area contributed by atoms with Gasteiger partial charge < -0.3 is 19.4 Å². The van der Waals surface area contributed by atoms with E-state index in [2.05, 4.69) is 38.2 Å². The van der Waals surface area contributed by atoms with Crippen molar-refractivity contribution in [1.82, 2.24) is 14.9 Å². The van der Waals surface area contributed by atoms with Crippen molar-refractivity contribution >= 4 is 0 Å². The summed E-state index contributed by atoms with van der Waals surface area (Å²) in [4.78, 5) is 4.17. The highest BCUT2D eigenvalue weighted by molar-refractivity contribution is 5.45. The van der Waals surface area contributed by atoms with E-state index in [0.29, 0.717) is 19.0 Å². The van der Waals surface area contributed by atoms with Crippen LogP contribution >= 0.6 is 0 Å². The standard InChI is InChI=1S/C16H19F2N3O2/c1-11(2)9-21-10-20-8-13(21)7-19-6-12-3-4-14-15(5-12)23-16(17,18)22-14/h3-5,8,10-11,19H,6-7,9H2,1-2H3. The molecule has 1 aromatic heterocycles. The predicted octanol–water partition coefficient (Wildman–Crippen LogP) is 3.15. The Kier molecular flexibility index (Phi) is 4.21. The molecule has 1 aromatic carbocycles. The Hall–Kier alpha value is -2.15. The molecule has 0 saturated carbocycles. The Morgan fingerprint density at radius 1 is 1.22 bits per heavy atom. The molecule has 0 atom stereocenters. The zero-order valence-corrected chi connectivity index (χ0v) is 13.1. The molecule has 2 aromatic rings. The van der Waals surface area contributed by atoms with Gasteiger partial charge in [0.05, 0.1) is 12.0 Å². The summed E-state index contributed by atoms with van der Waals surface area (Å²) in [5.41, 5.74) is 1.94. The van der Waals surface area contributed by atoms with Gasteiger partial charge in [-0.1, -0.05) is 19.9 Å². The van der Waals surface area contributed by atoms with Crippen LogP contribution in [0.2, 0.25) is 0 Å². The molecule has 0 aliphatic carbocycles. The zero-order valence-electron chi connectivity index (χ0n) is 13.1. The predicted molar refractivity (Wildman–Crippen MR) is 80.3 cm³/mol. The lowest BCUT2D eigenvalue weighted by Crippen LogP contribution is -2.25. The fraction of sp³-hybridized carbons (Fsp3) is 0.438. The van der Waals surface area contributed by atoms with E-state index in [4.69, 9.17) is 0 Å². The molecule has 0 spiro atoms. The first-order chi connectivity index (χ1) is 10.9. The van der Waals surface area contributed by atoms with Gasteiger partial charge in [-0.2, -0.15) is 0 Å². The van der Waals surface area contributed by atoms with Gasteiger partial charge in [0.2, 0.25) is 0 Å². The maximum atomic E-state index is 13.0. The van der Waals surface area contributed by atoms with E-state index >= 15 is 0 Å². The molecule has 0 fully saturated rings. The number of fused-ring (bicyclic) bond motifs is 1.